The Kier molecular flexibility index (Phi) is 0.400. The maximum absolute atomic E-state index is 3.43. The number of nitrogens with one attached hydrogen (secondary N) is 1. The van der Waals surface area contributed by atoms with Crippen LogP contribution < -0.4 is 0 Å². The zero-order valence-corrected chi connectivity index (χ0v) is 2.47. The van der Waals surface area contributed by atoms with Crippen molar-refractivity contribution in [2.75, 3.05) is 0 Å². The predicted molar refractivity (Wildman–Crippen MR) is 16.3 cm³/mol. The minimum atomic E-state index is 0. The summed E-state index contributed by atoms with van der Waals surface area (Å²) in [6.07, 6.45) is 3.76. The highest BCUT2D eigenvalue weighted by molar-refractivity contribution is 4.40. The Morgan fingerprint density at radius 3 is 3.20 bits per heavy atom. The van der Waals surface area contributed by atoms with E-state index >= 15 is 0 Å². The van der Waals surface area contributed by atoms with Crippen molar-refractivity contribution < 1.29 is 1.43 Å². The van der Waals surface area contributed by atoms with Gasteiger partial charge in [0.2, 0.25) is 0 Å². The van der Waals surface area contributed by atoms with Crippen molar-refractivity contribution in [3.63, 3.8) is 0 Å². The van der Waals surface area contributed by atoms with Crippen molar-refractivity contribution in [2.45, 2.75) is 0 Å². The molecule has 0 fully saturated rings. The van der Waals surface area contributed by atoms with E-state index in [0.717, 1.165) is 0 Å². The fourth-order valence-corrected chi connectivity index (χ4v) is 0.144. The van der Waals surface area contributed by atoms with Gasteiger partial charge in [-0.3, -0.25) is 5.10 Å². The van der Waals surface area contributed by atoms with Crippen molar-refractivity contribution in [1.29, 1.82) is 0 Å². The number of hydrogen-bond acceptors (Lipinski definition) is 2. The zero-order valence-electron chi connectivity index (χ0n) is 3.47. The molecule has 0 aromatic carbocycles. The number of hydrogen-bond donors (Lipinski definition) is 1. The maximum atomic E-state index is 3.43. The first-order valence-electron chi connectivity index (χ1n) is 1.22. The van der Waals surface area contributed by atoms with Gasteiger partial charge in [0.25, 0.3) is 0 Å². The van der Waals surface area contributed by atoms with Crippen molar-refractivity contribution in [3.05, 3.63) is 12.7 Å². The number of rotatable bonds is 0. The van der Waals surface area contributed by atoms with Crippen LogP contribution in [0.5, 0.6) is 0 Å². The second-order valence-electron chi connectivity index (χ2n) is 0.599. The highest BCUT2D eigenvalue weighted by atomic mass is 15.2. The molecule has 0 saturated carbocycles. The monoisotopic (exact) mass is 69.0 g/mol. The average molecular weight is 69.1 g/mol. The Balaban J connectivity index is 0.000000250. The molecule has 1 rings (SSSR count). The number of aromatic nitrogens is 3. The van der Waals surface area contributed by atoms with E-state index in [9.17, 15) is 0 Å². The number of nitrogens with zero attached hydrogens (tertiary/aromatic N) is 2. The highest BCUT2D eigenvalue weighted by Crippen LogP contribution is 1.51. The first kappa shape index (κ1) is 2.38. The van der Waals surface area contributed by atoms with E-state index in [1.54, 1.807) is 0 Å². The summed E-state index contributed by atoms with van der Waals surface area (Å²) in [7, 11) is 0. The molecule has 0 aliphatic carbocycles. The van der Waals surface area contributed by atoms with Crippen molar-refractivity contribution in [3.8, 4) is 0 Å². The lowest BCUT2D eigenvalue weighted by molar-refractivity contribution is 1.08. The predicted octanol–water partition coefficient (Wildman–Crippen LogP) is -0.283. The van der Waals surface area contributed by atoms with E-state index in [0.29, 0.717) is 0 Å². The van der Waals surface area contributed by atoms with Crippen LogP contribution in [0.25, 0.3) is 0 Å². The average Bonchev–Trinajstić information content (AvgIpc) is 1.76. The molecule has 0 atom stereocenters. The topological polar surface area (TPSA) is 41.6 Å². The molecule has 1 heterocycles. The van der Waals surface area contributed by atoms with E-state index in [1.807, 2.05) is 0 Å². The van der Waals surface area contributed by atoms with Gasteiger partial charge in [-0.1, -0.05) is 0 Å². The Morgan fingerprint density at radius 1 is 2.00 bits per heavy atom. The molecule has 0 aliphatic rings. The molecule has 5 heavy (non-hydrogen) atoms. The van der Waals surface area contributed by atoms with E-state index in [2.05, 4.69) is 21.5 Å². The largest absolute Gasteiger partial charge is 1.00 e. The van der Waals surface area contributed by atoms with Crippen LogP contribution in [-0.4, -0.2) is 15.2 Å². The number of H-pyrrole nitrogens is 1. The molecule has 0 saturated heterocycles. The lowest BCUT2D eigenvalue weighted by Crippen LogP contribution is -1.54. The van der Waals surface area contributed by atoms with E-state index in [-0.39, 0.29) is 1.43 Å². The summed E-state index contributed by atoms with van der Waals surface area (Å²) in [6, 6.07) is 0. The Morgan fingerprint density at radius 2 is 3.00 bits per heavy atom. The second-order valence-corrected chi connectivity index (χ2v) is 0.599. The van der Waals surface area contributed by atoms with Gasteiger partial charge in [-0.15, -0.1) is 0 Å². The molecule has 1 aromatic heterocycles. The fourth-order valence-electron chi connectivity index (χ4n) is 0.144. The quantitative estimate of drug-likeness (QED) is 0.425. The molecule has 26 valence electrons. The summed E-state index contributed by atoms with van der Waals surface area (Å²) in [5.74, 6) is 0. The van der Waals surface area contributed by atoms with Crippen LogP contribution in [0.15, 0.2) is 6.33 Å². The molecule has 0 amide bonds. The van der Waals surface area contributed by atoms with Gasteiger partial charge in [-0.2, -0.15) is 0 Å². The second kappa shape index (κ2) is 0.839. The molecule has 0 aliphatic heterocycles. The third-order valence-electron chi connectivity index (χ3n) is 0.295. The summed E-state index contributed by atoms with van der Waals surface area (Å²) >= 11 is 0. The molecule has 1 N–H and O–H groups in total. The van der Waals surface area contributed by atoms with E-state index < -0.39 is 0 Å². The van der Waals surface area contributed by atoms with Gasteiger partial charge >= 0.3 is 1.43 Å². The minimum Gasteiger partial charge on any atom is -0.421 e. The van der Waals surface area contributed by atoms with Gasteiger partial charge in [-0.05, 0) is 12.7 Å². The molecule has 0 radical (unpaired) electrons. The molecule has 0 unspecified atom stereocenters. The highest BCUT2D eigenvalue weighted by Gasteiger charge is 1.42. The summed E-state index contributed by atoms with van der Waals surface area (Å²) in [6.45, 7) is 0. The van der Waals surface area contributed by atoms with E-state index in [4.69, 9.17) is 0 Å². The third kappa shape index (κ3) is 0.238. The van der Waals surface area contributed by atoms with Gasteiger partial charge in [0.15, 0.2) is 0 Å². The zero-order chi connectivity index (χ0) is 3.54. The molecule has 0 spiro atoms. The van der Waals surface area contributed by atoms with Gasteiger partial charge in [0.1, 0.15) is 0 Å². The van der Waals surface area contributed by atoms with Crippen LogP contribution in [-0.2, 0) is 0 Å². The van der Waals surface area contributed by atoms with Crippen molar-refractivity contribution in [2.24, 2.45) is 0 Å². The third-order valence-corrected chi connectivity index (χ3v) is 0.295. The SMILES string of the molecule is [H+].[c-]1nc[nH]n1. The summed E-state index contributed by atoms with van der Waals surface area (Å²) in [5, 5.41) is 5.81. The van der Waals surface area contributed by atoms with Crippen LogP contribution in [0.1, 0.15) is 1.43 Å². The standard InChI is InChI=1S/C2H2N3/c1-3-2-5-4-1/h1H,(H,3,4,5)/q-1/p+1. The molecule has 0 bridgehead atoms. The van der Waals surface area contributed by atoms with Crippen LogP contribution in [0.3, 0.4) is 0 Å². The lowest BCUT2D eigenvalue weighted by atomic mass is 11.3. The van der Waals surface area contributed by atoms with Crippen LogP contribution in [0, 0.1) is 6.33 Å². The Bertz CT molecular complexity index is 65.3. The molecule has 3 nitrogen and oxygen atoms in total. The van der Waals surface area contributed by atoms with Gasteiger partial charge < -0.3 is 10.1 Å². The maximum Gasteiger partial charge on any atom is 1.00 e. The Hall–Kier alpha value is -0.860. The van der Waals surface area contributed by atoms with Crippen LogP contribution in [0.2, 0.25) is 0 Å². The van der Waals surface area contributed by atoms with Gasteiger partial charge in [0, 0.05) is 0 Å². The first-order chi connectivity index (χ1) is 2.50. The van der Waals surface area contributed by atoms with Crippen LogP contribution in [0.4, 0.5) is 0 Å². The van der Waals surface area contributed by atoms with Crippen LogP contribution >= 0.6 is 0 Å². The molecular weight excluding hydrogens is 66.0 g/mol. The summed E-state index contributed by atoms with van der Waals surface area (Å²) in [4.78, 5) is 3.43. The lowest BCUT2D eigenvalue weighted by Gasteiger charge is -1.58. The summed E-state index contributed by atoms with van der Waals surface area (Å²) < 4.78 is 0. The van der Waals surface area contributed by atoms with Crippen molar-refractivity contribution >= 4 is 0 Å². The molecule has 3 heteroatoms. The first-order valence-corrected chi connectivity index (χ1v) is 1.22. The minimum absolute atomic E-state index is 0. The van der Waals surface area contributed by atoms with Gasteiger partial charge in [0.05, 0.1) is 0 Å². The smallest absolute Gasteiger partial charge is 0.421 e. The molecular formula is C2H3N3. The van der Waals surface area contributed by atoms with Gasteiger partial charge in [-0.25, -0.2) is 0 Å². The number of aromatic amines is 1. The fraction of sp³-hybridized carbons (Fsp3) is 0. The summed E-state index contributed by atoms with van der Waals surface area (Å²) in [5.41, 5.74) is 0. The Labute approximate surface area is 30.5 Å². The van der Waals surface area contributed by atoms with Crippen molar-refractivity contribution in [1.82, 2.24) is 15.2 Å². The normalized spacial score (nSPS) is 8.00. The van der Waals surface area contributed by atoms with E-state index in [1.165, 1.54) is 6.33 Å². The molecule has 1 aromatic rings.